The molecule has 1 saturated carbocycles. The molecule has 6 N–H and O–H groups in total. The molecule has 1 atom stereocenters. The minimum atomic E-state index is -1.04. The molecule has 1 aromatic heterocycles. The summed E-state index contributed by atoms with van der Waals surface area (Å²) >= 11 is 0. The van der Waals surface area contributed by atoms with E-state index in [1.807, 2.05) is 37.3 Å². The van der Waals surface area contributed by atoms with Crippen LogP contribution in [-0.2, 0) is 29.0 Å². The summed E-state index contributed by atoms with van der Waals surface area (Å²) in [6, 6.07) is 11.0. The summed E-state index contributed by atoms with van der Waals surface area (Å²) in [5, 5.41) is 6.11. The summed E-state index contributed by atoms with van der Waals surface area (Å²) in [7, 11) is 0. The van der Waals surface area contributed by atoms with Gasteiger partial charge in [0.25, 0.3) is 0 Å². The number of nitrogens with zero attached hydrogens (tertiary/aromatic N) is 1. The van der Waals surface area contributed by atoms with Crippen LogP contribution in [0.2, 0.25) is 0 Å². The molecule has 2 aliphatic carbocycles. The second-order valence-corrected chi connectivity index (χ2v) is 9.28. The van der Waals surface area contributed by atoms with Crippen molar-refractivity contribution in [2.45, 2.75) is 70.0 Å². The zero-order valence-electron chi connectivity index (χ0n) is 18.7. The Morgan fingerprint density at radius 2 is 1.75 bits per heavy atom. The Labute approximate surface area is 189 Å². The fourth-order valence-electron chi connectivity index (χ4n) is 5.09. The fraction of sp³-hybridized carbons (Fsp3) is 0.480. The first kappa shape index (κ1) is 22.3. The fourth-order valence-corrected chi connectivity index (χ4v) is 5.09. The molecule has 1 fully saturated rings. The molecular weight excluding hydrogens is 402 g/mol. The molecule has 1 heterocycles. The number of nitrogen functional groups attached to an aromatic ring is 1. The standard InChI is InChI=1S/C25H33N5O2/c1-16-20(11-12-21(26)29-16)15-28-24(32)25(13-18-9-5-6-10-19(18)14-25)30-23(31)22(27)17-7-3-2-4-8-17/h5-6,9-12,17,22H,2-4,7-8,13-15,27H2,1H3,(H2,26,29)(H,28,32)(H,30,31)/t22-/m1/s1. The largest absolute Gasteiger partial charge is 0.384 e. The molecule has 0 radical (unpaired) electrons. The monoisotopic (exact) mass is 435 g/mol. The van der Waals surface area contributed by atoms with Crippen molar-refractivity contribution in [3.8, 4) is 0 Å². The van der Waals surface area contributed by atoms with Gasteiger partial charge in [0.05, 0.1) is 6.04 Å². The Morgan fingerprint density at radius 1 is 1.09 bits per heavy atom. The number of nitrogens with one attached hydrogen (secondary N) is 2. The zero-order chi connectivity index (χ0) is 22.7. The Morgan fingerprint density at radius 3 is 2.38 bits per heavy atom. The second kappa shape index (κ2) is 9.28. The number of carbonyl (C=O) groups excluding carboxylic acids is 2. The van der Waals surface area contributed by atoms with Gasteiger partial charge in [-0.1, -0.05) is 49.6 Å². The number of carbonyl (C=O) groups is 2. The molecule has 0 aliphatic heterocycles. The summed E-state index contributed by atoms with van der Waals surface area (Å²) in [4.78, 5) is 31.0. The van der Waals surface area contributed by atoms with Crippen LogP contribution in [0, 0.1) is 12.8 Å². The highest BCUT2D eigenvalue weighted by Gasteiger charge is 2.46. The van der Waals surface area contributed by atoms with E-state index in [0.717, 1.165) is 48.1 Å². The van der Waals surface area contributed by atoms with Crippen molar-refractivity contribution >= 4 is 17.6 Å². The van der Waals surface area contributed by atoms with E-state index in [4.69, 9.17) is 11.5 Å². The van der Waals surface area contributed by atoms with E-state index in [1.165, 1.54) is 6.42 Å². The van der Waals surface area contributed by atoms with Gasteiger partial charge >= 0.3 is 0 Å². The molecule has 170 valence electrons. The van der Waals surface area contributed by atoms with Gasteiger partial charge in [-0.05, 0) is 48.4 Å². The van der Waals surface area contributed by atoms with Crippen molar-refractivity contribution < 1.29 is 9.59 Å². The van der Waals surface area contributed by atoms with Gasteiger partial charge in [-0.15, -0.1) is 0 Å². The maximum Gasteiger partial charge on any atom is 0.246 e. The average Bonchev–Trinajstić information content (AvgIpc) is 3.17. The highest BCUT2D eigenvalue weighted by molar-refractivity contribution is 5.94. The topological polar surface area (TPSA) is 123 Å². The third-order valence-corrected chi connectivity index (χ3v) is 7.02. The van der Waals surface area contributed by atoms with Gasteiger partial charge in [0.15, 0.2) is 0 Å². The number of nitrogens with two attached hydrogens (primary N) is 2. The predicted octanol–water partition coefficient (Wildman–Crippen LogP) is 2.15. The number of hydrogen-bond acceptors (Lipinski definition) is 5. The molecular formula is C25H33N5O2. The maximum absolute atomic E-state index is 13.5. The number of aryl methyl sites for hydroxylation is 1. The van der Waals surface area contributed by atoms with Crippen LogP contribution in [0.15, 0.2) is 36.4 Å². The molecule has 32 heavy (non-hydrogen) atoms. The van der Waals surface area contributed by atoms with Crippen LogP contribution < -0.4 is 22.1 Å². The van der Waals surface area contributed by atoms with Crippen LogP contribution in [0.3, 0.4) is 0 Å². The lowest BCUT2D eigenvalue weighted by molar-refractivity contribution is -0.134. The Hall–Kier alpha value is -2.93. The summed E-state index contributed by atoms with van der Waals surface area (Å²) in [5.41, 5.74) is 14.9. The summed E-state index contributed by atoms with van der Waals surface area (Å²) in [6.07, 6.45) is 6.27. The normalized spacial score (nSPS) is 18.6. The molecule has 0 bridgehead atoms. The lowest BCUT2D eigenvalue weighted by Crippen LogP contribution is -2.63. The average molecular weight is 436 g/mol. The highest BCUT2D eigenvalue weighted by atomic mass is 16.2. The molecule has 7 nitrogen and oxygen atoms in total. The third kappa shape index (κ3) is 4.63. The quantitative estimate of drug-likeness (QED) is 0.554. The van der Waals surface area contributed by atoms with Crippen LogP contribution in [0.5, 0.6) is 0 Å². The van der Waals surface area contributed by atoms with Crippen molar-refractivity contribution in [2.24, 2.45) is 11.7 Å². The lowest BCUT2D eigenvalue weighted by Gasteiger charge is -2.33. The molecule has 2 aliphatic rings. The molecule has 4 rings (SSSR count). The van der Waals surface area contributed by atoms with E-state index >= 15 is 0 Å². The number of fused-ring (bicyclic) bond motifs is 1. The molecule has 7 heteroatoms. The van der Waals surface area contributed by atoms with Crippen molar-refractivity contribution in [2.75, 3.05) is 5.73 Å². The molecule has 1 aromatic carbocycles. The maximum atomic E-state index is 13.5. The highest BCUT2D eigenvalue weighted by Crippen LogP contribution is 2.32. The second-order valence-electron chi connectivity index (χ2n) is 9.28. The predicted molar refractivity (Wildman–Crippen MR) is 125 cm³/mol. The Balaban J connectivity index is 1.52. The van der Waals surface area contributed by atoms with Crippen LogP contribution in [0.1, 0.15) is 54.5 Å². The number of benzene rings is 1. The number of aromatic nitrogens is 1. The lowest BCUT2D eigenvalue weighted by atomic mass is 9.83. The van der Waals surface area contributed by atoms with E-state index in [1.54, 1.807) is 6.07 Å². The van der Waals surface area contributed by atoms with Crippen LogP contribution >= 0.6 is 0 Å². The molecule has 2 aromatic rings. The van der Waals surface area contributed by atoms with Crippen molar-refractivity contribution in [3.63, 3.8) is 0 Å². The van der Waals surface area contributed by atoms with Gasteiger partial charge in [0.2, 0.25) is 11.8 Å². The number of rotatable bonds is 6. The van der Waals surface area contributed by atoms with E-state index in [-0.39, 0.29) is 17.7 Å². The molecule has 0 spiro atoms. The van der Waals surface area contributed by atoms with Crippen molar-refractivity contribution in [1.29, 1.82) is 0 Å². The number of amides is 2. The Bertz CT molecular complexity index is 975. The smallest absolute Gasteiger partial charge is 0.246 e. The van der Waals surface area contributed by atoms with E-state index in [9.17, 15) is 9.59 Å². The molecule has 0 saturated heterocycles. The van der Waals surface area contributed by atoms with E-state index in [0.29, 0.717) is 25.2 Å². The number of hydrogen-bond donors (Lipinski definition) is 4. The van der Waals surface area contributed by atoms with Crippen molar-refractivity contribution in [1.82, 2.24) is 15.6 Å². The first-order valence-corrected chi connectivity index (χ1v) is 11.5. The van der Waals surface area contributed by atoms with Crippen LogP contribution in [-0.4, -0.2) is 28.4 Å². The van der Waals surface area contributed by atoms with Gasteiger partial charge < -0.3 is 22.1 Å². The number of anilines is 1. The van der Waals surface area contributed by atoms with Gasteiger partial charge in [0, 0.05) is 25.1 Å². The minimum absolute atomic E-state index is 0.177. The first-order valence-electron chi connectivity index (χ1n) is 11.5. The van der Waals surface area contributed by atoms with Gasteiger partial charge in [-0.3, -0.25) is 9.59 Å². The van der Waals surface area contributed by atoms with Crippen LogP contribution in [0.4, 0.5) is 5.82 Å². The summed E-state index contributed by atoms with van der Waals surface area (Å²) in [5.74, 6) is 0.194. The molecule has 0 unspecified atom stereocenters. The number of pyridine rings is 1. The van der Waals surface area contributed by atoms with Gasteiger partial charge in [-0.2, -0.15) is 0 Å². The SMILES string of the molecule is Cc1nc(N)ccc1CNC(=O)C1(NC(=O)[C@H](N)C2CCCCC2)Cc2ccccc2C1. The molecule has 2 amide bonds. The van der Waals surface area contributed by atoms with Crippen molar-refractivity contribution in [3.05, 3.63) is 58.8 Å². The third-order valence-electron chi connectivity index (χ3n) is 7.02. The van der Waals surface area contributed by atoms with E-state index in [2.05, 4.69) is 15.6 Å². The minimum Gasteiger partial charge on any atom is -0.384 e. The van der Waals surface area contributed by atoms with E-state index < -0.39 is 11.6 Å². The van der Waals surface area contributed by atoms with Gasteiger partial charge in [0.1, 0.15) is 11.4 Å². The summed E-state index contributed by atoms with van der Waals surface area (Å²) < 4.78 is 0. The van der Waals surface area contributed by atoms with Gasteiger partial charge in [-0.25, -0.2) is 4.98 Å². The summed E-state index contributed by atoms with van der Waals surface area (Å²) in [6.45, 7) is 2.19. The first-order chi connectivity index (χ1) is 15.4. The van der Waals surface area contributed by atoms with Crippen LogP contribution in [0.25, 0.3) is 0 Å². The Kier molecular flexibility index (Phi) is 6.46. The zero-order valence-corrected chi connectivity index (χ0v) is 18.7.